The summed E-state index contributed by atoms with van der Waals surface area (Å²) < 4.78 is 0. The van der Waals surface area contributed by atoms with Crippen molar-refractivity contribution in [2.45, 2.75) is 20.3 Å². The maximum atomic E-state index is 6.03. The number of para-hydroxylation sites is 1. The van der Waals surface area contributed by atoms with Crippen molar-refractivity contribution in [2.75, 3.05) is 37.6 Å². The molecule has 0 saturated carbocycles. The summed E-state index contributed by atoms with van der Waals surface area (Å²) in [7, 11) is 0. The summed E-state index contributed by atoms with van der Waals surface area (Å²) in [6.45, 7) is 9.11. The summed E-state index contributed by atoms with van der Waals surface area (Å²) in [6, 6.07) is 10.6. The van der Waals surface area contributed by atoms with Gasteiger partial charge in [-0.15, -0.1) is 0 Å². The molecule has 0 bridgehead atoms. The van der Waals surface area contributed by atoms with Crippen LogP contribution in [-0.2, 0) is 0 Å². The molecule has 0 aromatic heterocycles. The summed E-state index contributed by atoms with van der Waals surface area (Å²) in [6.07, 6.45) is 1.20. The second-order valence-corrected chi connectivity index (χ2v) is 5.31. The summed E-state index contributed by atoms with van der Waals surface area (Å²) in [5.41, 5.74) is 7.34. The summed E-state index contributed by atoms with van der Waals surface area (Å²) in [4.78, 5) is 9.11. The van der Waals surface area contributed by atoms with Crippen molar-refractivity contribution in [3.63, 3.8) is 0 Å². The lowest BCUT2D eigenvalue weighted by Gasteiger charge is -2.20. The van der Waals surface area contributed by atoms with Crippen molar-refractivity contribution in [2.24, 2.45) is 16.6 Å². The van der Waals surface area contributed by atoms with E-state index < -0.39 is 0 Å². The highest BCUT2D eigenvalue weighted by atomic mass is 15.2. The van der Waals surface area contributed by atoms with Gasteiger partial charge in [0.05, 0.1) is 0 Å². The Bertz CT molecular complexity index is 425. The molecule has 20 heavy (non-hydrogen) atoms. The zero-order valence-electron chi connectivity index (χ0n) is 12.6. The number of hydrogen-bond acceptors (Lipinski definition) is 2. The third kappa shape index (κ3) is 3.65. The lowest BCUT2D eigenvalue weighted by Crippen LogP contribution is -2.37. The first-order valence-electron chi connectivity index (χ1n) is 7.59. The third-order valence-electron chi connectivity index (χ3n) is 4.01. The van der Waals surface area contributed by atoms with Gasteiger partial charge in [0.25, 0.3) is 0 Å². The van der Waals surface area contributed by atoms with Crippen molar-refractivity contribution in [3.05, 3.63) is 30.3 Å². The second kappa shape index (κ2) is 7.17. The molecular weight excluding hydrogens is 248 g/mol. The maximum Gasteiger partial charge on any atom is 0.191 e. The number of anilines is 1. The van der Waals surface area contributed by atoms with E-state index in [9.17, 15) is 0 Å². The van der Waals surface area contributed by atoms with Gasteiger partial charge in [0, 0.05) is 38.4 Å². The molecule has 0 spiro atoms. The van der Waals surface area contributed by atoms with Gasteiger partial charge in [0.2, 0.25) is 0 Å². The van der Waals surface area contributed by atoms with Gasteiger partial charge >= 0.3 is 0 Å². The lowest BCUT2D eigenvalue weighted by molar-refractivity contribution is 0.455. The maximum absolute atomic E-state index is 6.03. The predicted molar refractivity (Wildman–Crippen MR) is 86.2 cm³/mol. The van der Waals surface area contributed by atoms with Crippen LogP contribution in [0.1, 0.15) is 20.3 Å². The molecule has 0 aliphatic carbocycles. The van der Waals surface area contributed by atoms with Crippen LogP contribution in [0.2, 0.25) is 0 Å². The van der Waals surface area contributed by atoms with Crippen LogP contribution in [0, 0.1) is 5.92 Å². The van der Waals surface area contributed by atoms with Crippen LogP contribution >= 0.6 is 0 Å². The largest absolute Gasteiger partial charge is 0.371 e. The van der Waals surface area contributed by atoms with Crippen LogP contribution in [0.4, 0.5) is 5.69 Å². The SMILES string of the molecule is CCN(CC)C(N)=NCC1CCN(c2ccccc2)C1. The number of rotatable bonds is 5. The topological polar surface area (TPSA) is 44.9 Å². The van der Waals surface area contributed by atoms with Crippen LogP contribution in [0.5, 0.6) is 0 Å². The van der Waals surface area contributed by atoms with Crippen molar-refractivity contribution in [1.82, 2.24) is 4.90 Å². The Labute approximate surface area is 122 Å². The van der Waals surface area contributed by atoms with E-state index in [0.29, 0.717) is 11.9 Å². The Kier molecular flexibility index (Phi) is 5.27. The van der Waals surface area contributed by atoms with E-state index in [1.165, 1.54) is 12.1 Å². The number of aliphatic imine (C=N–C) groups is 1. The van der Waals surface area contributed by atoms with Gasteiger partial charge in [-0.3, -0.25) is 4.99 Å². The van der Waals surface area contributed by atoms with Crippen LogP contribution in [0.25, 0.3) is 0 Å². The lowest BCUT2D eigenvalue weighted by atomic mass is 10.1. The van der Waals surface area contributed by atoms with E-state index in [1.807, 2.05) is 0 Å². The molecule has 1 aromatic carbocycles. The molecule has 4 nitrogen and oxygen atoms in total. The molecule has 1 aromatic rings. The fraction of sp³-hybridized carbons (Fsp3) is 0.562. The van der Waals surface area contributed by atoms with E-state index in [1.54, 1.807) is 0 Å². The Morgan fingerprint density at radius 1 is 1.30 bits per heavy atom. The van der Waals surface area contributed by atoms with E-state index in [-0.39, 0.29) is 0 Å². The van der Waals surface area contributed by atoms with Gasteiger partial charge < -0.3 is 15.5 Å². The zero-order valence-corrected chi connectivity index (χ0v) is 12.6. The molecule has 1 fully saturated rings. The van der Waals surface area contributed by atoms with Crippen LogP contribution < -0.4 is 10.6 Å². The van der Waals surface area contributed by atoms with Crippen LogP contribution in [0.15, 0.2) is 35.3 Å². The summed E-state index contributed by atoms with van der Waals surface area (Å²) in [5, 5.41) is 0. The molecule has 1 aliphatic heterocycles. The van der Waals surface area contributed by atoms with E-state index in [4.69, 9.17) is 5.73 Å². The minimum Gasteiger partial charge on any atom is -0.371 e. The highest BCUT2D eigenvalue weighted by Crippen LogP contribution is 2.23. The molecule has 4 heteroatoms. The summed E-state index contributed by atoms with van der Waals surface area (Å²) in [5.74, 6) is 1.30. The quantitative estimate of drug-likeness (QED) is 0.661. The van der Waals surface area contributed by atoms with Gasteiger partial charge in [0.15, 0.2) is 5.96 Å². The minimum atomic E-state index is 0.615. The molecule has 1 saturated heterocycles. The Hall–Kier alpha value is -1.71. The highest BCUT2D eigenvalue weighted by molar-refractivity contribution is 5.78. The van der Waals surface area contributed by atoms with E-state index >= 15 is 0 Å². The third-order valence-corrected chi connectivity index (χ3v) is 4.01. The molecule has 1 unspecified atom stereocenters. The number of nitrogens with zero attached hydrogens (tertiary/aromatic N) is 3. The number of hydrogen-bond donors (Lipinski definition) is 1. The molecular formula is C16H26N4. The fourth-order valence-electron chi connectivity index (χ4n) is 2.73. The standard InChI is InChI=1S/C16H26N4/c1-3-19(4-2)16(17)18-12-14-10-11-20(13-14)15-8-6-5-7-9-15/h5-9,14H,3-4,10-13H2,1-2H3,(H2,17,18). The van der Waals surface area contributed by atoms with Gasteiger partial charge in [-0.25, -0.2) is 0 Å². The Morgan fingerprint density at radius 3 is 2.65 bits per heavy atom. The van der Waals surface area contributed by atoms with Crippen molar-refractivity contribution >= 4 is 11.6 Å². The zero-order chi connectivity index (χ0) is 14.4. The first-order chi connectivity index (χ1) is 9.74. The van der Waals surface area contributed by atoms with E-state index in [2.05, 4.69) is 59.0 Å². The number of nitrogens with two attached hydrogens (primary N) is 1. The van der Waals surface area contributed by atoms with Crippen molar-refractivity contribution < 1.29 is 0 Å². The Balaban J connectivity index is 1.86. The van der Waals surface area contributed by atoms with Gasteiger partial charge in [0.1, 0.15) is 0 Å². The van der Waals surface area contributed by atoms with Crippen LogP contribution in [-0.4, -0.2) is 43.6 Å². The normalized spacial score (nSPS) is 19.4. The Morgan fingerprint density at radius 2 is 2.00 bits per heavy atom. The molecule has 2 rings (SSSR count). The molecule has 2 N–H and O–H groups in total. The highest BCUT2D eigenvalue weighted by Gasteiger charge is 2.22. The monoisotopic (exact) mass is 274 g/mol. The molecule has 0 amide bonds. The minimum absolute atomic E-state index is 0.615. The molecule has 1 atom stereocenters. The van der Waals surface area contributed by atoms with E-state index in [0.717, 1.165) is 32.7 Å². The molecule has 1 heterocycles. The first-order valence-corrected chi connectivity index (χ1v) is 7.59. The predicted octanol–water partition coefficient (Wildman–Crippen LogP) is 2.17. The first kappa shape index (κ1) is 14.7. The number of guanidine groups is 1. The van der Waals surface area contributed by atoms with Crippen molar-refractivity contribution in [1.29, 1.82) is 0 Å². The van der Waals surface area contributed by atoms with Crippen LogP contribution in [0.3, 0.4) is 0 Å². The smallest absolute Gasteiger partial charge is 0.191 e. The second-order valence-electron chi connectivity index (χ2n) is 5.31. The van der Waals surface area contributed by atoms with Crippen molar-refractivity contribution in [3.8, 4) is 0 Å². The molecule has 0 radical (unpaired) electrons. The average molecular weight is 274 g/mol. The molecule has 110 valence electrons. The fourth-order valence-corrected chi connectivity index (χ4v) is 2.73. The van der Waals surface area contributed by atoms with Gasteiger partial charge in [-0.1, -0.05) is 18.2 Å². The van der Waals surface area contributed by atoms with Gasteiger partial charge in [-0.05, 0) is 38.3 Å². The molecule has 1 aliphatic rings. The van der Waals surface area contributed by atoms with Gasteiger partial charge in [-0.2, -0.15) is 0 Å². The number of benzene rings is 1. The average Bonchev–Trinajstić information content (AvgIpc) is 2.96. The summed E-state index contributed by atoms with van der Waals surface area (Å²) >= 11 is 0.